The van der Waals surface area contributed by atoms with E-state index in [0.29, 0.717) is 5.76 Å². The zero-order chi connectivity index (χ0) is 31.5. The fourth-order valence-corrected chi connectivity index (χ4v) is 6.11. The van der Waals surface area contributed by atoms with Gasteiger partial charge < -0.3 is 39.6 Å². The van der Waals surface area contributed by atoms with Crippen LogP contribution in [0, 0.1) is 11.3 Å². The fraction of sp³-hybridized carbons (Fsp3) is 0.433. The summed E-state index contributed by atoms with van der Waals surface area (Å²) in [4.78, 5) is 1.70. The second kappa shape index (κ2) is 13.3. The number of nitriles is 1. The van der Waals surface area contributed by atoms with Gasteiger partial charge in [0.1, 0.15) is 42.0 Å². The van der Waals surface area contributed by atoms with Gasteiger partial charge in [-0.25, -0.2) is 13.1 Å². The van der Waals surface area contributed by atoms with Gasteiger partial charge in [0.15, 0.2) is 10.7 Å². The largest absolute Gasteiger partial charge is 0.457 e. The summed E-state index contributed by atoms with van der Waals surface area (Å²) >= 11 is 0. The number of allylic oxidation sites excluding steroid dienone is 1. The molecule has 2 aliphatic heterocycles. The van der Waals surface area contributed by atoms with Gasteiger partial charge >= 0.3 is 0 Å². The van der Waals surface area contributed by atoms with Gasteiger partial charge in [-0.2, -0.15) is 5.26 Å². The molecule has 44 heavy (non-hydrogen) atoms. The lowest BCUT2D eigenvalue weighted by Gasteiger charge is -2.44. The van der Waals surface area contributed by atoms with E-state index >= 15 is 0 Å². The molecule has 3 heterocycles. The van der Waals surface area contributed by atoms with E-state index in [2.05, 4.69) is 21.0 Å². The molecule has 6 N–H and O–H groups in total. The number of rotatable bonds is 10. The zero-order valence-corrected chi connectivity index (χ0v) is 24.9. The molecule has 0 amide bonds. The number of anilines is 1. The maximum atomic E-state index is 12.9. The van der Waals surface area contributed by atoms with E-state index in [-0.39, 0.29) is 5.76 Å². The first-order valence-electron chi connectivity index (χ1n) is 14.2. The molecule has 2 aliphatic rings. The van der Waals surface area contributed by atoms with Crippen LogP contribution in [0.25, 0.3) is 28.2 Å². The van der Waals surface area contributed by atoms with Crippen molar-refractivity contribution >= 4 is 32.6 Å². The molecule has 14 heteroatoms. The van der Waals surface area contributed by atoms with E-state index in [1.807, 2.05) is 30.3 Å². The van der Waals surface area contributed by atoms with Gasteiger partial charge in [-0.15, -0.1) is 0 Å². The number of nitrogens with zero attached hydrogens (tertiary/aromatic N) is 2. The molecule has 0 radical (unpaired) electrons. The predicted molar refractivity (Wildman–Crippen MR) is 161 cm³/mol. The lowest BCUT2D eigenvalue weighted by atomic mass is 9.93. The number of benzene rings is 2. The molecule has 0 bridgehead atoms. The van der Waals surface area contributed by atoms with Gasteiger partial charge in [0.05, 0.1) is 13.2 Å². The molecule has 3 aromatic rings. The Hall–Kier alpha value is -3.36. The maximum Gasteiger partial charge on any atom is 0.250 e. The van der Waals surface area contributed by atoms with Crippen LogP contribution in [-0.4, -0.2) is 110 Å². The topological polar surface area (TPSA) is 198 Å². The van der Waals surface area contributed by atoms with Crippen LogP contribution in [-0.2, 0) is 19.5 Å². The Kier molecular flexibility index (Phi) is 9.71. The van der Waals surface area contributed by atoms with E-state index in [1.54, 1.807) is 12.1 Å². The highest BCUT2D eigenvalue weighted by Crippen LogP contribution is 2.30. The van der Waals surface area contributed by atoms with Crippen LogP contribution < -0.4 is 10.0 Å². The number of furan rings is 1. The van der Waals surface area contributed by atoms with Crippen LogP contribution in [0.3, 0.4) is 0 Å². The Morgan fingerprint density at radius 3 is 2.57 bits per heavy atom. The number of nitrogens with one attached hydrogen (secondary N) is 2. The highest BCUT2D eigenvalue weighted by Gasteiger charge is 2.50. The van der Waals surface area contributed by atoms with Crippen molar-refractivity contribution in [3.8, 4) is 17.4 Å². The summed E-state index contributed by atoms with van der Waals surface area (Å²) in [5.41, 5.74) is 1.78. The van der Waals surface area contributed by atoms with Crippen LogP contribution in [0.15, 0.2) is 57.9 Å². The van der Waals surface area contributed by atoms with Crippen LogP contribution >= 0.6 is 0 Å². The first-order valence-corrected chi connectivity index (χ1v) is 15.7. The average Bonchev–Trinajstić information content (AvgIpc) is 3.49. The standard InChI is InChI=1S/C30H36N4O9S/c1-30(38)29(37)28(36)27(35)26(43-30)18-33-44(39,40)24(17-31)16-23-6-7-25(42-23)21-3-2-20-15-22(5-4-19(20)14-21)32-8-9-34-10-12-41-13-11-34/h2-7,14-16,26-29,32-33,35-38H,8-13,18H2,1H3/b24-16+/t26-,27-,28+,29-,30?/m1/s1. The van der Waals surface area contributed by atoms with E-state index in [9.17, 15) is 34.1 Å². The number of fused-ring (bicyclic) bond motifs is 1. The van der Waals surface area contributed by atoms with Crippen molar-refractivity contribution in [2.24, 2.45) is 0 Å². The third kappa shape index (κ3) is 7.29. The minimum absolute atomic E-state index is 0.122. The highest BCUT2D eigenvalue weighted by atomic mass is 32.2. The fourth-order valence-electron chi connectivity index (χ4n) is 5.18. The van der Waals surface area contributed by atoms with Crippen LogP contribution in [0.1, 0.15) is 12.7 Å². The van der Waals surface area contributed by atoms with Crippen LogP contribution in [0.5, 0.6) is 0 Å². The zero-order valence-electron chi connectivity index (χ0n) is 24.1. The van der Waals surface area contributed by atoms with E-state index in [0.717, 1.165) is 74.4 Å². The first-order chi connectivity index (χ1) is 21.0. The van der Waals surface area contributed by atoms with Crippen molar-refractivity contribution < 1.29 is 42.7 Å². The Morgan fingerprint density at radius 1 is 1.09 bits per heavy atom. The summed E-state index contributed by atoms with van der Waals surface area (Å²) in [5, 5.41) is 55.1. The normalized spacial score (nSPS) is 26.9. The quantitative estimate of drug-likeness (QED) is 0.173. The Balaban J connectivity index is 1.23. The molecule has 5 atom stereocenters. The molecule has 13 nitrogen and oxygen atoms in total. The number of sulfonamides is 1. The number of hydrogen-bond acceptors (Lipinski definition) is 12. The lowest BCUT2D eigenvalue weighted by Crippen LogP contribution is -2.65. The smallest absolute Gasteiger partial charge is 0.250 e. The number of aliphatic hydroxyl groups is 4. The molecule has 1 aromatic heterocycles. The summed E-state index contributed by atoms with van der Waals surface area (Å²) < 4.78 is 44.2. The highest BCUT2D eigenvalue weighted by molar-refractivity contribution is 7.93. The SMILES string of the molecule is CC1(O)O[C@H](CNS(=O)(=O)/C(C#N)=C/c2ccc(-c3ccc4cc(NCCN5CCOCC5)ccc4c3)o2)[C@@H](O)[C@H](O)[C@H]1O. The molecule has 5 rings (SSSR count). The van der Waals surface area contributed by atoms with E-state index in [1.165, 1.54) is 6.07 Å². The summed E-state index contributed by atoms with van der Waals surface area (Å²) in [5.74, 6) is -1.63. The molecule has 0 spiro atoms. The summed E-state index contributed by atoms with van der Waals surface area (Å²) in [6, 6.07) is 16.8. The third-order valence-electron chi connectivity index (χ3n) is 7.75. The van der Waals surface area contributed by atoms with Crippen molar-refractivity contribution in [3.63, 3.8) is 0 Å². The monoisotopic (exact) mass is 628 g/mol. The summed E-state index contributed by atoms with van der Waals surface area (Å²) in [6.07, 6.45) is -5.61. The number of ether oxygens (including phenoxy) is 2. The van der Waals surface area contributed by atoms with Gasteiger partial charge in [-0.05, 0) is 48.0 Å². The Bertz CT molecular complexity index is 1640. The molecule has 0 aliphatic carbocycles. The minimum atomic E-state index is -4.40. The number of morpholine rings is 1. The number of aliphatic hydroxyl groups excluding tert-OH is 3. The van der Waals surface area contributed by atoms with Gasteiger partial charge in [0.25, 0.3) is 10.0 Å². The summed E-state index contributed by atoms with van der Waals surface area (Å²) in [6.45, 7) is 5.69. The van der Waals surface area contributed by atoms with E-state index < -0.39 is 51.7 Å². The molecule has 236 valence electrons. The van der Waals surface area contributed by atoms with Gasteiger partial charge in [0.2, 0.25) is 0 Å². The molecule has 2 fully saturated rings. The molecule has 1 unspecified atom stereocenters. The maximum absolute atomic E-state index is 12.9. The second-order valence-corrected chi connectivity index (χ2v) is 12.7. The summed E-state index contributed by atoms with van der Waals surface area (Å²) in [7, 11) is -4.40. The van der Waals surface area contributed by atoms with Crippen LogP contribution in [0.4, 0.5) is 5.69 Å². The Labute approximate surface area is 255 Å². The molecule has 0 saturated carbocycles. The molecule has 2 aromatic carbocycles. The molecular weight excluding hydrogens is 592 g/mol. The van der Waals surface area contributed by atoms with Gasteiger partial charge in [0, 0.05) is 50.1 Å². The predicted octanol–water partition coefficient (Wildman–Crippen LogP) is 0.818. The third-order valence-corrected chi connectivity index (χ3v) is 9.09. The Morgan fingerprint density at radius 2 is 1.82 bits per heavy atom. The minimum Gasteiger partial charge on any atom is -0.457 e. The molecule has 2 saturated heterocycles. The first kappa shape index (κ1) is 32.0. The van der Waals surface area contributed by atoms with Crippen molar-refractivity contribution in [2.45, 2.75) is 37.1 Å². The van der Waals surface area contributed by atoms with Gasteiger partial charge in [-0.3, -0.25) is 4.90 Å². The number of hydrogen-bond donors (Lipinski definition) is 6. The lowest BCUT2D eigenvalue weighted by molar-refractivity contribution is -0.335. The van der Waals surface area contributed by atoms with E-state index in [4.69, 9.17) is 13.9 Å². The molecular formula is C30H36N4O9S. The van der Waals surface area contributed by atoms with Crippen molar-refractivity contribution in [2.75, 3.05) is 51.3 Å². The average molecular weight is 629 g/mol. The van der Waals surface area contributed by atoms with Crippen molar-refractivity contribution in [3.05, 3.63) is 59.2 Å². The van der Waals surface area contributed by atoms with Crippen LogP contribution in [0.2, 0.25) is 0 Å². The van der Waals surface area contributed by atoms with Crippen molar-refractivity contribution in [1.82, 2.24) is 9.62 Å². The second-order valence-electron chi connectivity index (χ2n) is 11.0. The van der Waals surface area contributed by atoms with Gasteiger partial charge in [-0.1, -0.05) is 18.2 Å². The van der Waals surface area contributed by atoms with Crippen molar-refractivity contribution in [1.29, 1.82) is 5.26 Å².